The Kier molecular flexibility index (Phi) is 8.63. The number of hydrogen-bond acceptors (Lipinski definition) is 6. The van der Waals surface area contributed by atoms with Crippen LogP contribution in [0.15, 0.2) is 48.8 Å². The first kappa shape index (κ1) is 26.9. The third-order valence-corrected chi connectivity index (χ3v) is 7.27. The van der Waals surface area contributed by atoms with Crippen molar-refractivity contribution in [3.8, 4) is 5.75 Å². The summed E-state index contributed by atoms with van der Waals surface area (Å²) in [4.78, 5) is 40.0. The normalized spacial score (nSPS) is 13.9. The van der Waals surface area contributed by atoms with Crippen molar-refractivity contribution in [3.05, 3.63) is 81.2 Å². The topological polar surface area (TPSA) is 78.9 Å². The van der Waals surface area contributed by atoms with Crippen LogP contribution in [0.1, 0.15) is 27.2 Å². The number of benzene rings is 2. The minimum atomic E-state index is -0.228. The summed E-state index contributed by atoms with van der Waals surface area (Å²) < 4.78 is 5.24. The molecule has 1 saturated heterocycles. The van der Waals surface area contributed by atoms with Crippen LogP contribution in [0, 0.1) is 0 Å². The number of halogens is 2. The molecule has 0 unspecified atom stereocenters. The molecule has 2 amide bonds. The zero-order chi connectivity index (χ0) is 26.5. The molecule has 8 nitrogen and oxygen atoms in total. The van der Waals surface area contributed by atoms with Crippen LogP contribution in [0.4, 0.5) is 5.82 Å². The second-order valence-electron chi connectivity index (χ2n) is 9.01. The van der Waals surface area contributed by atoms with Gasteiger partial charge < -0.3 is 14.5 Å². The molecule has 2 heterocycles. The summed E-state index contributed by atoms with van der Waals surface area (Å²) >= 11 is 12.7. The molecular formula is C27H29Cl2N5O3. The Morgan fingerprint density at radius 2 is 1.73 bits per heavy atom. The van der Waals surface area contributed by atoms with Crippen LogP contribution >= 0.6 is 23.2 Å². The number of hydrogen-bond donors (Lipinski definition) is 0. The van der Waals surface area contributed by atoms with Gasteiger partial charge in [0.2, 0.25) is 5.91 Å². The molecule has 1 fully saturated rings. The van der Waals surface area contributed by atoms with Gasteiger partial charge in [-0.2, -0.15) is 0 Å². The number of nitrogens with zero attached hydrogens (tertiary/aromatic N) is 5. The first-order valence-corrected chi connectivity index (χ1v) is 12.7. The summed E-state index contributed by atoms with van der Waals surface area (Å²) in [5.41, 5.74) is 2.93. The van der Waals surface area contributed by atoms with Gasteiger partial charge in [-0.15, -0.1) is 0 Å². The van der Waals surface area contributed by atoms with E-state index < -0.39 is 0 Å². The lowest BCUT2D eigenvalue weighted by atomic mass is 10.1. The van der Waals surface area contributed by atoms with E-state index in [-0.39, 0.29) is 18.2 Å². The molecule has 0 radical (unpaired) electrons. The summed E-state index contributed by atoms with van der Waals surface area (Å²) in [6.07, 6.45) is 1.97. The Labute approximate surface area is 226 Å². The minimum Gasteiger partial charge on any atom is -0.495 e. The van der Waals surface area contributed by atoms with Crippen molar-refractivity contribution < 1.29 is 14.3 Å². The van der Waals surface area contributed by atoms with Crippen molar-refractivity contribution in [2.45, 2.75) is 12.8 Å². The van der Waals surface area contributed by atoms with Gasteiger partial charge in [0.15, 0.2) is 0 Å². The van der Waals surface area contributed by atoms with E-state index in [4.69, 9.17) is 27.9 Å². The molecule has 0 aliphatic carbocycles. The molecule has 2 aromatic carbocycles. The highest BCUT2D eigenvalue weighted by Gasteiger charge is 2.21. The van der Waals surface area contributed by atoms with Crippen molar-refractivity contribution >= 4 is 40.8 Å². The number of carbonyl (C=O) groups is 2. The van der Waals surface area contributed by atoms with E-state index in [2.05, 4.69) is 21.9 Å². The van der Waals surface area contributed by atoms with Crippen LogP contribution in [0.25, 0.3) is 0 Å². The average molecular weight is 542 g/mol. The van der Waals surface area contributed by atoms with Crippen molar-refractivity contribution in [3.63, 3.8) is 0 Å². The maximum absolute atomic E-state index is 13.0. The van der Waals surface area contributed by atoms with E-state index in [0.29, 0.717) is 39.2 Å². The highest BCUT2D eigenvalue weighted by atomic mass is 35.5. The molecule has 1 aromatic heterocycles. The van der Waals surface area contributed by atoms with E-state index in [0.717, 1.165) is 37.4 Å². The second-order valence-corrected chi connectivity index (χ2v) is 9.79. The standard InChI is InChI=1S/C27H29Cl2N5O3/c1-32-10-12-34(13-11-32)27(36)19-6-4-18(5-7-19)14-20-15-24(31-17-30-20)33(2)25(35)16-21-22(28)8-9-23(37-3)26(21)29/h4-9,15,17H,10-14,16H2,1-3H3. The van der Waals surface area contributed by atoms with Crippen molar-refractivity contribution in [2.75, 3.05) is 52.3 Å². The average Bonchev–Trinajstić information content (AvgIpc) is 2.91. The second kappa shape index (κ2) is 11.9. The first-order valence-electron chi connectivity index (χ1n) is 11.9. The van der Waals surface area contributed by atoms with Gasteiger partial charge in [-0.25, -0.2) is 9.97 Å². The number of methoxy groups -OCH3 is 1. The molecular weight excluding hydrogens is 513 g/mol. The predicted molar refractivity (Wildman–Crippen MR) is 145 cm³/mol. The van der Waals surface area contributed by atoms with Crippen LogP contribution in [0.3, 0.4) is 0 Å². The van der Waals surface area contributed by atoms with Crippen molar-refractivity contribution in [1.29, 1.82) is 0 Å². The molecule has 37 heavy (non-hydrogen) atoms. The van der Waals surface area contributed by atoms with Crippen molar-refractivity contribution in [2.24, 2.45) is 0 Å². The van der Waals surface area contributed by atoms with Gasteiger partial charge in [0.25, 0.3) is 5.91 Å². The summed E-state index contributed by atoms with van der Waals surface area (Å²) in [5, 5.41) is 0.708. The molecule has 1 aliphatic heterocycles. The van der Waals surface area contributed by atoms with E-state index in [1.54, 1.807) is 25.2 Å². The Hall–Kier alpha value is -3.20. The Morgan fingerprint density at radius 1 is 1.03 bits per heavy atom. The number of ether oxygens (including phenoxy) is 1. The first-order chi connectivity index (χ1) is 17.8. The molecule has 0 atom stereocenters. The van der Waals surface area contributed by atoms with Gasteiger partial charge in [-0.05, 0) is 36.9 Å². The van der Waals surface area contributed by atoms with Crippen molar-refractivity contribution in [1.82, 2.24) is 19.8 Å². The monoisotopic (exact) mass is 541 g/mol. The number of piperazine rings is 1. The van der Waals surface area contributed by atoms with Gasteiger partial charge in [0.1, 0.15) is 17.9 Å². The molecule has 10 heteroatoms. The number of aromatic nitrogens is 2. The fourth-order valence-corrected chi connectivity index (χ4v) is 4.71. The number of likely N-dealkylation sites (N-methyl/N-ethyl adjacent to an activating group) is 2. The predicted octanol–water partition coefficient (Wildman–Crippen LogP) is 3.98. The van der Waals surface area contributed by atoms with Gasteiger partial charge in [-0.1, -0.05) is 35.3 Å². The molecule has 0 spiro atoms. The SMILES string of the molecule is COc1ccc(Cl)c(CC(=O)N(C)c2cc(Cc3ccc(C(=O)N4CCN(C)CC4)cc3)ncn2)c1Cl. The number of anilines is 1. The quantitative estimate of drug-likeness (QED) is 0.450. The van der Waals surface area contributed by atoms with Crippen LogP contribution in [-0.4, -0.2) is 79.0 Å². The summed E-state index contributed by atoms with van der Waals surface area (Å²) in [6.45, 7) is 3.25. The highest BCUT2D eigenvalue weighted by Crippen LogP contribution is 2.34. The fraction of sp³-hybridized carbons (Fsp3) is 0.333. The Balaban J connectivity index is 1.42. The number of carbonyl (C=O) groups excluding carboxylic acids is 2. The lowest BCUT2D eigenvalue weighted by Crippen LogP contribution is -2.47. The maximum Gasteiger partial charge on any atom is 0.253 e. The lowest BCUT2D eigenvalue weighted by Gasteiger charge is -2.32. The van der Waals surface area contributed by atoms with Crippen LogP contribution in [0.2, 0.25) is 10.0 Å². The molecule has 0 N–H and O–H groups in total. The third kappa shape index (κ3) is 6.39. The molecule has 0 saturated carbocycles. The summed E-state index contributed by atoms with van der Waals surface area (Å²) in [7, 11) is 5.22. The molecule has 3 aromatic rings. The van der Waals surface area contributed by atoms with Crippen LogP contribution in [-0.2, 0) is 17.6 Å². The Bertz CT molecular complexity index is 1280. The van der Waals surface area contributed by atoms with E-state index in [1.807, 2.05) is 29.2 Å². The molecule has 4 rings (SSSR count). The lowest BCUT2D eigenvalue weighted by molar-refractivity contribution is -0.117. The third-order valence-electron chi connectivity index (χ3n) is 6.50. The smallest absolute Gasteiger partial charge is 0.253 e. The zero-order valence-electron chi connectivity index (χ0n) is 21.1. The largest absolute Gasteiger partial charge is 0.495 e. The molecule has 0 bridgehead atoms. The van der Waals surface area contributed by atoms with E-state index in [1.165, 1.54) is 18.3 Å². The van der Waals surface area contributed by atoms with E-state index >= 15 is 0 Å². The summed E-state index contributed by atoms with van der Waals surface area (Å²) in [6, 6.07) is 12.7. The maximum atomic E-state index is 13.0. The molecule has 194 valence electrons. The van der Waals surface area contributed by atoms with Gasteiger partial charge >= 0.3 is 0 Å². The van der Waals surface area contributed by atoms with E-state index in [9.17, 15) is 9.59 Å². The van der Waals surface area contributed by atoms with Crippen LogP contribution < -0.4 is 9.64 Å². The fourth-order valence-electron chi connectivity index (χ4n) is 4.13. The minimum absolute atomic E-state index is 0.00645. The molecule has 1 aliphatic rings. The van der Waals surface area contributed by atoms with Gasteiger partial charge in [0, 0.05) is 61.9 Å². The van der Waals surface area contributed by atoms with Gasteiger partial charge in [-0.3, -0.25) is 14.5 Å². The Morgan fingerprint density at radius 3 is 2.41 bits per heavy atom. The van der Waals surface area contributed by atoms with Gasteiger partial charge in [0.05, 0.1) is 24.2 Å². The number of rotatable bonds is 7. The zero-order valence-corrected chi connectivity index (χ0v) is 22.6. The van der Waals surface area contributed by atoms with Crippen LogP contribution in [0.5, 0.6) is 5.75 Å². The highest BCUT2D eigenvalue weighted by molar-refractivity contribution is 6.37. The summed E-state index contributed by atoms with van der Waals surface area (Å²) in [5.74, 6) is 0.748. The number of amides is 2.